The van der Waals surface area contributed by atoms with Crippen LogP contribution < -0.4 is 10.1 Å². The quantitative estimate of drug-likeness (QED) is 0.546. The van der Waals surface area contributed by atoms with Crippen LogP contribution in [0, 0.1) is 5.92 Å². The predicted octanol–water partition coefficient (Wildman–Crippen LogP) is 5.22. The average molecular weight is 472 g/mol. The average Bonchev–Trinajstić information content (AvgIpc) is 2.71. The highest BCUT2D eigenvalue weighted by molar-refractivity contribution is 6.42. The van der Waals surface area contributed by atoms with Crippen LogP contribution in [0.25, 0.3) is 0 Å². The molecule has 162 valence electrons. The SMILES string of the molecule is CC(C)CNC(=O)[C@H](C)N(Cc1ccc(Cl)c(Cl)c1)C(=O)COc1ccc(Cl)cc1. The van der Waals surface area contributed by atoms with Crippen molar-refractivity contribution in [2.24, 2.45) is 5.92 Å². The molecule has 8 heteroatoms. The molecule has 5 nitrogen and oxygen atoms in total. The van der Waals surface area contributed by atoms with Crippen molar-refractivity contribution >= 4 is 46.6 Å². The summed E-state index contributed by atoms with van der Waals surface area (Å²) in [4.78, 5) is 27.0. The number of nitrogens with one attached hydrogen (secondary N) is 1. The third-order valence-corrected chi connectivity index (χ3v) is 5.36. The van der Waals surface area contributed by atoms with Gasteiger partial charge in [0, 0.05) is 18.1 Å². The molecule has 0 unspecified atom stereocenters. The summed E-state index contributed by atoms with van der Waals surface area (Å²) in [5.74, 6) is 0.250. The monoisotopic (exact) mass is 470 g/mol. The number of amides is 2. The number of ether oxygens (including phenoxy) is 1. The number of benzene rings is 2. The Hall–Kier alpha value is -1.95. The highest BCUT2D eigenvalue weighted by atomic mass is 35.5. The summed E-state index contributed by atoms with van der Waals surface area (Å²) < 4.78 is 5.58. The largest absolute Gasteiger partial charge is 0.484 e. The Labute approximate surface area is 192 Å². The molecule has 2 aromatic carbocycles. The van der Waals surface area contributed by atoms with Crippen molar-refractivity contribution in [2.75, 3.05) is 13.2 Å². The second-order valence-electron chi connectivity index (χ2n) is 7.33. The van der Waals surface area contributed by atoms with Crippen LogP contribution in [0.4, 0.5) is 0 Å². The lowest BCUT2D eigenvalue weighted by molar-refractivity contribution is -0.142. The second-order valence-corrected chi connectivity index (χ2v) is 8.58. The first-order valence-corrected chi connectivity index (χ1v) is 10.7. The lowest BCUT2D eigenvalue weighted by Crippen LogP contribution is -2.49. The molecule has 1 atom stereocenters. The first-order valence-electron chi connectivity index (χ1n) is 9.57. The zero-order valence-corrected chi connectivity index (χ0v) is 19.4. The molecule has 0 saturated heterocycles. The summed E-state index contributed by atoms with van der Waals surface area (Å²) in [7, 11) is 0. The summed E-state index contributed by atoms with van der Waals surface area (Å²) >= 11 is 18.0. The van der Waals surface area contributed by atoms with Gasteiger partial charge >= 0.3 is 0 Å². The summed E-state index contributed by atoms with van der Waals surface area (Å²) in [6.45, 7) is 6.19. The normalized spacial score (nSPS) is 11.8. The summed E-state index contributed by atoms with van der Waals surface area (Å²) in [6, 6.07) is 11.1. The number of carbonyl (C=O) groups excluding carboxylic acids is 2. The molecule has 0 aliphatic heterocycles. The molecule has 1 N–H and O–H groups in total. The zero-order chi connectivity index (χ0) is 22.3. The Morgan fingerprint density at radius 3 is 2.27 bits per heavy atom. The van der Waals surface area contributed by atoms with Crippen LogP contribution in [-0.4, -0.2) is 35.9 Å². The van der Waals surface area contributed by atoms with Crippen molar-refractivity contribution < 1.29 is 14.3 Å². The summed E-state index contributed by atoms with van der Waals surface area (Å²) in [6.07, 6.45) is 0. The van der Waals surface area contributed by atoms with Crippen molar-refractivity contribution in [3.63, 3.8) is 0 Å². The summed E-state index contributed by atoms with van der Waals surface area (Å²) in [5, 5.41) is 4.25. The number of hydrogen-bond donors (Lipinski definition) is 1. The van der Waals surface area contributed by atoms with Gasteiger partial charge in [-0.1, -0.05) is 54.7 Å². The van der Waals surface area contributed by atoms with Crippen LogP contribution in [0.15, 0.2) is 42.5 Å². The standard InChI is InChI=1S/C22H25Cl3N2O3/c1-14(2)11-26-22(29)15(3)27(12-16-4-9-19(24)20(25)10-16)21(28)13-30-18-7-5-17(23)6-8-18/h4-10,14-15H,11-13H2,1-3H3,(H,26,29)/t15-/m0/s1. The van der Waals surface area contributed by atoms with Gasteiger partial charge in [-0.2, -0.15) is 0 Å². The molecule has 0 saturated carbocycles. The van der Waals surface area contributed by atoms with Gasteiger partial charge in [0.25, 0.3) is 5.91 Å². The van der Waals surface area contributed by atoms with Gasteiger partial charge in [-0.3, -0.25) is 9.59 Å². The first-order chi connectivity index (χ1) is 14.2. The topological polar surface area (TPSA) is 58.6 Å². The highest BCUT2D eigenvalue weighted by Gasteiger charge is 2.26. The van der Waals surface area contributed by atoms with Crippen molar-refractivity contribution in [3.05, 3.63) is 63.1 Å². The molecular formula is C22H25Cl3N2O3. The molecule has 2 aromatic rings. The van der Waals surface area contributed by atoms with E-state index in [1.807, 2.05) is 13.8 Å². The lowest BCUT2D eigenvalue weighted by atomic mass is 10.1. The minimum absolute atomic E-state index is 0.190. The Kier molecular flexibility index (Phi) is 9.28. The second kappa shape index (κ2) is 11.4. The van der Waals surface area contributed by atoms with Crippen LogP contribution in [0.2, 0.25) is 15.1 Å². The maximum absolute atomic E-state index is 13.0. The van der Waals surface area contributed by atoms with Crippen LogP contribution in [-0.2, 0) is 16.1 Å². The molecule has 0 aliphatic rings. The van der Waals surface area contributed by atoms with Crippen molar-refractivity contribution in [2.45, 2.75) is 33.4 Å². The molecule has 0 radical (unpaired) electrons. The van der Waals surface area contributed by atoms with Crippen molar-refractivity contribution in [1.82, 2.24) is 10.2 Å². The molecule has 0 aromatic heterocycles. The van der Waals surface area contributed by atoms with Gasteiger partial charge in [0.2, 0.25) is 5.91 Å². The molecule has 0 spiro atoms. The van der Waals surface area contributed by atoms with Crippen LogP contribution in [0.5, 0.6) is 5.75 Å². The maximum Gasteiger partial charge on any atom is 0.261 e. The first kappa shape index (κ1) is 24.3. The van der Waals surface area contributed by atoms with Crippen LogP contribution >= 0.6 is 34.8 Å². The van der Waals surface area contributed by atoms with E-state index in [4.69, 9.17) is 39.5 Å². The van der Waals surface area contributed by atoms with E-state index >= 15 is 0 Å². The fraction of sp³-hybridized carbons (Fsp3) is 0.364. The Morgan fingerprint density at radius 1 is 1.00 bits per heavy atom. The van der Waals surface area contributed by atoms with E-state index < -0.39 is 6.04 Å². The molecule has 0 heterocycles. The predicted molar refractivity (Wildman–Crippen MR) is 121 cm³/mol. The Morgan fingerprint density at radius 2 is 1.67 bits per heavy atom. The van der Waals surface area contributed by atoms with Crippen LogP contribution in [0.1, 0.15) is 26.3 Å². The molecule has 0 bridgehead atoms. The van der Waals surface area contributed by atoms with Gasteiger partial charge in [-0.25, -0.2) is 0 Å². The molecule has 0 aliphatic carbocycles. The number of rotatable bonds is 9. The number of nitrogens with zero attached hydrogens (tertiary/aromatic N) is 1. The minimum atomic E-state index is -0.695. The van der Waals surface area contributed by atoms with Crippen molar-refractivity contribution in [1.29, 1.82) is 0 Å². The third kappa shape index (κ3) is 7.38. The van der Waals surface area contributed by atoms with E-state index in [0.29, 0.717) is 33.3 Å². The molecular weight excluding hydrogens is 447 g/mol. The van der Waals surface area contributed by atoms with Gasteiger partial charge in [0.15, 0.2) is 6.61 Å². The van der Waals surface area contributed by atoms with Gasteiger partial charge in [-0.15, -0.1) is 0 Å². The van der Waals surface area contributed by atoms with Gasteiger partial charge in [0.05, 0.1) is 10.0 Å². The molecule has 30 heavy (non-hydrogen) atoms. The Bertz CT molecular complexity index is 872. The fourth-order valence-electron chi connectivity index (χ4n) is 2.63. The zero-order valence-electron chi connectivity index (χ0n) is 17.1. The van der Waals surface area contributed by atoms with E-state index in [9.17, 15) is 9.59 Å². The Balaban J connectivity index is 2.15. The van der Waals surface area contributed by atoms with E-state index in [1.165, 1.54) is 4.90 Å². The summed E-state index contributed by atoms with van der Waals surface area (Å²) in [5.41, 5.74) is 0.757. The number of carbonyl (C=O) groups is 2. The van der Waals surface area contributed by atoms with Crippen molar-refractivity contribution in [3.8, 4) is 5.75 Å². The number of halogens is 3. The maximum atomic E-state index is 13.0. The number of hydrogen-bond acceptors (Lipinski definition) is 3. The smallest absolute Gasteiger partial charge is 0.261 e. The molecule has 2 amide bonds. The lowest BCUT2D eigenvalue weighted by Gasteiger charge is -2.29. The van der Waals surface area contributed by atoms with Gasteiger partial charge in [-0.05, 0) is 54.8 Å². The van der Waals surface area contributed by atoms with Crippen LogP contribution in [0.3, 0.4) is 0 Å². The highest BCUT2D eigenvalue weighted by Crippen LogP contribution is 2.24. The fourth-order valence-corrected chi connectivity index (χ4v) is 3.08. The van der Waals surface area contributed by atoms with E-state index in [-0.39, 0.29) is 25.0 Å². The van der Waals surface area contributed by atoms with Gasteiger partial charge < -0.3 is 15.0 Å². The third-order valence-electron chi connectivity index (χ3n) is 4.36. The molecule has 2 rings (SSSR count). The van der Waals surface area contributed by atoms with E-state index in [0.717, 1.165) is 5.56 Å². The van der Waals surface area contributed by atoms with E-state index in [2.05, 4.69) is 5.32 Å². The minimum Gasteiger partial charge on any atom is -0.484 e. The van der Waals surface area contributed by atoms with Gasteiger partial charge in [0.1, 0.15) is 11.8 Å². The molecule has 0 fully saturated rings. The van der Waals surface area contributed by atoms with E-state index in [1.54, 1.807) is 49.4 Å².